The van der Waals surface area contributed by atoms with Crippen LogP contribution >= 0.6 is 0 Å². The van der Waals surface area contributed by atoms with Crippen LogP contribution < -0.4 is 5.14 Å². The number of rotatable bonds is 3. The summed E-state index contributed by atoms with van der Waals surface area (Å²) >= 11 is 0. The van der Waals surface area contributed by atoms with E-state index in [1.165, 1.54) is 6.07 Å². The highest BCUT2D eigenvalue weighted by molar-refractivity contribution is 7.89. The van der Waals surface area contributed by atoms with Crippen LogP contribution in [0.15, 0.2) is 23.1 Å². The van der Waals surface area contributed by atoms with Gasteiger partial charge in [-0.05, 0) is 43.5 Å². The third kappa shape index (κ3) is 2.32. The van der Waals surface area contributed by atoms with Crippen molar-refractivity contribution in [1.29, 1.82) is 0 Å². The van der Waals surface area contributed by atoms with Gasteiger partial charge in [0, 0.05) is 16.6 Å². The van der Waals surface area contributed by atoms with Crippen LogP contribution in [-0.2, 0) is 26.0 Å². The van der Waals surface area contributed by atoms with Crippen molar-refractivity contribution in [3.8, 4) is 0 Å². The van der Waals surface area contributed by atoms with E-state index in [0.717, 1.165) is 22.2 Å². The van der Waals surface area contributed by atoms with Crippen molar-refractivity contribution in [2.75, 3.05) is 6.61 Å². The van der Waals surface area contributed by atoms with Crippen LogP contribution in [0.2, 0.25) is 0 Å². The number of carbonyl (C=O) groups excluding carboxylic acids is 1. The molecule has 0 amide bonds. The number of ether oxygens (including phenoxy) is 1. The molecule has 1 heterocycles. The Morgan fingerprint density at radius 2 is 2.24 bits per heavy atom. The van der Waals surface area contributed by atoms with Crippen LogP contribution in [0.3, 0.4) is 0 Å². The van der Waals surface area contributed by atoms with Crippen LogP contribution in [-0.4, -0.2) is 26.0 Å². The molecule has 0 bridgehead atoms. The molecule has 7 heteroatoms. The topological polar surface area (TPSA) is 102 Å². The first-order valence-corrected chi connectivity index (χ1v) is 8.30. The number of primary sulfonamides is 1. The quantitative estimate of drug-likeness (QED) is 0.837. The van der Waals surface area contributed by atoms with Crippen LogP contribution in [0, 0.1) is 0 Å². The minimum absolute atomic E-state index is 0.0800. The van der Waals surface area contributed by atoms with Gasteiger partial charge in [-0.25, -0.2) is 13.6 Å². The Labute approximate surface area is 122 Å². The second kappa shape index (κ2) is 4.85. The predicted molar refractivity (Wildman–Crippen MR) is 77.4 cm³/mol. The van der Waals surface area contributed by atoms with E-state index < -0.39 is 10.0 Å². The molecular formula is C14H16N2O4S. The Morgan fingerprint density at radius 1 is 1.48 bits per heavy atom. The van der Waals surface area contributed by atoms with Crippen LogP contribution in [0.1, 0.15) is 30.5 Å². The lowest BCUT2D eigenvalue weighted by atomic mass is 10.1. The first kappa shape index (κ1) is 14.1. The van der Waals surface area contributed by atoms with Crippen molar-refractivity contribution in [3.63, 3.8) is 0 Å². The van der Waals surface area contributed by atoms with Gasteiger partial charge in [0.05, 0.1) is 17.4 Å². The maximum atomic E-state index is 12.0. The number of hydrogen-bond acceptors (Lipinski definition) is 4. The molecule has 0 saturated heterocycles. The molecule has 112 valence electrons. The van der Waals surface area contributed by atoms with Gasteiger partial charge in [0.25, 0.3) is 0 Å². The number of hydrogen-bond donors (Lipinski definition) is 2. The first-order chi connectivity index (χ1) is 9.91. The molecule has 1 aliphatic carbocycles. The number of nitrogens with one attached hydrogen (secondary N) is 1. The number of fused-ring (bicyclic) bond motifs is 3. The molecule has 0 aliphatic heterocycles. The Hall–Kier alpha value is -1.86. The Bertz CT molecular complexity index is 823. The Kier molecular flexibility index (Phi) is 3.26. The zero-order valence-corrected chi connectivity index (χ0v) is 12.4. The monoisotopic (exact) mass is 308 g/mol. The molecule has 0 fully saturated rings. The maximum Gasteiger partial charge on any atom is 0.314 e. The zero-order chi connectivity index (χ0) is 15.2. The summed E-state index contributed by atoms with van der Waals surface area (Å²) in [5, 5.41) is 5.97. The van der Waals surface area contributed by atoms with Gasteiger partial charge in [-0.2, -0.15) is 0 Å². The molecule has 6 nitrogen and oxygen atoms in total. The highest BCUT2D eigenvalue weighted by Gasteiger charge is 2.33. The minimum Gasteiger partial charge on any atom is -0.465 e. The van der Waals surface area contributed by atoms with Gasteiger partial charge in [0.2, 0.25) is 10.0 Å². The van der Waals surface area contributed by atoms with E-state index in [1.807, 2.05) is 0 Å². The molecule has 0 saturated carbocycles. The summed E-state index contributed by atoms with van der Waals surface area (Å²) in [5.41, 5.74) is 2.62. The van der Waals surface area contributed by atoms with Gasteiger partial charge < -0.3 is 9.72 Å². The fourth-order valence-electron chi connectivity index (χ4n) is 2.90. The van der Waals surface area contributed by atoms with Crippen molar-refractivity contribution < 1.29 is 17.9 Å². The van der Waals surface area contributed by atoms with Crippen molar-refractivity contribution in [3.05, 3.63) is 29.5 Å². The van der Waals surface area contributed by atoms with E-state index >= 15 is 0 Å². The van der Waals surface area contributed by atoms with E-state index in [4.69, 9.17) is 9.88 Å². The summed E-state index contributed by atoms with van der Waals surface area (Å²) in [6.45, 7) is 2.12. The summed E-state index contributed by atoms with van der Waals surface area (Å²) in [6, 6.07) is 4.70. The van der Waals surface area contributed by atoms with Crippen molar-refractivity contribution in [1.82, 2.24) is 4.98 Å². The molecule has 1 aromatic carbocycles. The standard InChI is InChI=1S/C14H16N2O4S/c1-2-20-14(17)10-5-4-9-11-7-8(21(15,18)19)3-6-12(11)16-13(9)10/h3,6-7,10,16H,2,4-5H2,1H3,(H2,15,18,19). The van der Waals surface area contributed by atoms with E-state index in [9.17, 15) is 13.2 Å². The molecule has 3 N–H and O–H groups in total. The summed E-state index contributed by atoms with van der Waals surface area (Å²) in [7, 11) is -3.73. The first-order valence-electron chi connectivity index (χ1n) is 6.75. The number of aromatic amines is 1. The van der Waals surface area contributed by atoms with Crippen LogP contribution in [0.25, 0.3) is 10.9 Å². The van der Waals surface area contributed by atoms with Gasteiger partial charge in [0.15, 0.2) is 0 Å². The number of carbonyl (C=O) groups is 1. The summed E-state index contributed by atoms with van der Waals surface area (Å²) in [4.78, 5) is 15.2. The zero-order valence-electron chi connectivity index (χ0n) is 11.5. The predicted octanol–water partition coefficient (Wildman–Crippen LogP) is 1.41. The average Bonchev–Trinajstić information content (AvgIpc) is 2.95. The van der Waals surface area contributed by atoms with E-state index in [-0.39, 0.29) is 16.8 Å². The van der Waals surface area contributed by atoms with Crippen LogP contribution in [0.5, 0.6) is 0 Å². The van der Waals surface area contributed by atoms with Gasteiger partial charge in [-0.15, -0.1) is 0 Å². The molecule has 21 heavy (non-hydrogen) atoms. The molecule has 0 spiro atoms. The Morgan fingerprint density at radius 3 is 2.90 bits per heavy atom. The second-order valence-electron chi connectivity index (χ2n) is 5.11. The van der Waals surface area contributed by atoms with Crippen molar-refractivity contribution in [2.24, 2.45) is 5.14 Å². The summed E-state index contributed by atoms with van der Waals surface area (Å²) in [5.74, 6) is -0.542. The maximum absolute atomic E-state index is 12.0. The number of nitrogens with two attached hydrogens (primary N) is 1. The number of benzene rings is 1. The smallest absolute Gasteiger partial charge is 0.314 e. The molecule has 0 radical (unpaired) electrons. The largest absolute Gasteiger partial charge is 0.465 e. The van der Waals surface area contributed by atoms with Crippen molar-refractivity contribution >= 4 is 26.9 Å². The average molecular weight is 308 g/mol. The molecule has 3 rings (SSSR count). The molecular weight excluding hydrogens is 292 g/mol. The number of esters is 1. The normalized spacial score (nSPS) is 17.9. The summed E-state index contributed by atoms with van der Waals surface area (Å²) < 4.78 is 28.0. The van der Waals surface area contributed by atoms with Gasteiger partial charge in [-0.3, -0.25) is 4.79 Å². The molecule has 1 unspecified atom stereocenters. The minimum atomic E-state index is -3.73. The molecule has 2 aromatic rings. The lowest BCUT2D eigenvalue weighted by Gasteiger charge is -2.08. The van der Waals surface area contributed by atoms with Crippen LogP contribution in [0.4, 0.5) is 0 Å². The van der Waals surface area contributed by atoms with Gasteiger partial charge >= 0.3 is 5.97 Å². The highest BCUT2D eigenvalue weighted by Crippen LogP contribution is 2.38. The van der Waals surface area contributed by atoms with Gasteiger partial charge in [-0.1, -0.05) is 0 Å². The number of H-pyrrole nitrogens is 1. The highest BCUT2D eigenvalue weighted by atomic mass is 32.2. The van der Waals surface area contributed by atoms with Crippen molar-refractivity contribution in [2.45, 2.75) is 30.6 Å². The van der Waals surface area contributed by atoms with Gasteiger partial charge in [0.1, 0.15) is 0 Å². The number of sulfonamides is 1. The summed E-state index contributed by atoms with van der Waals surface area (Å²) in [6.07, 6.45) is 1.39. The fraction of sp³-hybridized carbons (Fsp3) is 0.357. The van der Waals surface area contributed by atoms with E-state index in [1.54, 1.807) is 19.1 Å². The molecule has 1 aromatic heterocycles. The fourth-order valence-corrected chi connectivity index (χ4v) is 3.44. The molecule has 1 atom stereocenters. The SMILES string of the molecule is CCOC(=O)C1CCc2c1[nH]c1ccc(S(N)(=O)=O)cc21. The number of aromatic nitrogens is 1. The lowest BCUT2D eigenvalue weighted by Crippen LogP contribution is -2.13. The van der Waals surface area contributed by atoms with E-state index in [2.05, 4.69) is 4.98 Å². The lowest BCUT2D eigenvalue weighted by molar-refractivity contribution is -0.145. The number of aryl methyl sites for hydroxylation is 1. The second-order valence-corrected chi connectivity index (χ2v) is 6.67. The molecule has 1 aliphatic rings. The third-order valence-electron chi connectivity index (χ3n) is 3.84. The van der Waals surface area contributed by atoms with E-state index in [0.29, 0.717) is 19.4 Å². The third-order valence-corrected chi connectivity index (χ3v) is 4.75. The Balaban J connectivity index is 2.10.